The van der Waals surface area contributed by atoms with Crippen molar-refractivity contribution in [2.24, 2.45) is 0 Å². The van der Waals surface area contributed by atoms with E-state index >= 15 is 0 Å². The molecule has 1 unspecified atom stereocenters. The molecule has 100 heavy (non-hydrogen) atoms. The zero-order valence-electron chi connectivity index (χ0n) is 55.5. The first kappa shape index (κ1) is 70.5. The number of benzene rings is 6. The number of hydrogen-bond donors (Lipinski definition) is 7. The minimum atomic E-state index is -1.03. The molecule has 3 aliphatic rings. The van der Waals surface area contributed by atoms with Crippen molar-refractivity contribution in [2.75, 3.05) is 84.4 Å². The van der Waals surface area contributed by atoms with Crippen LogP contribution >= 0.6 is 0 Å². The molecule has 0 radical (unpaired) electrons. The number of aromatic nitrogens is 6. The molecule has 0 aliphatic carbocycles. The minimum Gasteiger partial charge on any atom is -0.457 e. The molecule has 24 nitrogen and oxygen atoms in total. The average molecular weight is 1350 g/mol. The van der Waals surface area contributed by atoms with E-state index in [1.807, 2.05) is 115 Å². The number of carbonyl (C=O) groups is 5. The van der Waals surface area contributed by atoms with Gasteiger partial charge in [0.05, 0.1) is 5.56 Å². The number of para-hydroxylation sites is 3. The summed E-state index contributed by atoms with van der Waals surface area (Å²) >= 11 is 0. The van der Waals surface area contributed by atoms with Gasteiger partial charge in [-0.05, 0) is 159 Å². The Bertz CT molecular complexity index is 4310. The molecular formula is C76H80N16O8. The van der Waals surface area contributed by atoms with E-state index in [0.29, 0.717) is 96.2 Å². The molecule has 0 saturated carbocycles. The topological polar surface area (TPSA) is 328 Å². The van der Waals surface area contributed by atoms with Crippen molar-refractivity contribution in [1.29, 1.82) is 0 Å². The van der Waals surface area contributed by atoms with Crippen LogP contribution in [0.2, 0.25) is 0 Å². The van der Waals surface area contributed by atoms with Crippen molar-refractivity contribution >= 4 is 75.6 Å². The zero-order chi connectivity index (χ0) is 70.5. The largest absolute Gasteiger partial charge is 0.457 e. The third-order valence-electron chi connectivity index (χ3n) is 17.1. The van der Waals surface area contributed by atoms with E-state index < -0.39 is 6.10 Å². The van der Waals surface area contributed by atoms with Crippen molar-refractivity contribution in [3.8, 4) is 23.0 Å². The van der Waals surface area contributed by atoms with E-state index in [0.717, 1.165) is 55.6 Å². The van der Waals surface area contributed by atoms with Gasteiger partial charge in [-0.25, -0.2) is 29.9 Å². The number of ketones is 2. The lowest BCUT2D eigenvalue weighted by atomic mass is 10.0. The van der Waals surface area contributed by atoms with Crippen LogP contribution in [0.25, 0.3) is 0 Å². The van der Waals surface area contributed by atoms with Gasteiger partial charge < -0.3 is 67.3 Å². The van der Waals surface area contributed by atoms with Crippen LogP contribution in [-0.2, 0) is 14.4 Å². The van der Waals surface area contributed by atoms with Crippen LogP contribution in [0, 0.1) is 0 Å². The van der Waals surface area contributed by atoms with Crippen molar-refractivity contribution in [1.82, 2.24) is 44.6 Å². The Balaban J connectivity index is 0.000000162. The number of likely N-dealkylation sites (tertiary alicyclic amines) is 3. The molecule has 6 heterocycles. The molecule has 0 spiro atoms. The summed E-state index contributed by atoms with van der Waals surface area (Å²) < 4.78 is 11.6. The Morgan fingerprint density at radius 2 is 0.810 bits per heavy atom. The van der Waals surface area contributed by atoms with Crippen LogP contribution in [0.3, 0.4) is 0 Å². The fourth-order valence-corrected chi connectivity index (χ4v) is 11.8. The molecule has 3 amide bonds. The van der Waals surface area contributed by atoms with Gasteiger partial charge in [0.1, 0.15) is 94.1 Å². The van der Waals surface area contributed by atoms with Crippen molar-refractivity contribution < 1.29 is 38.6 Å². The monoisotopic (exact) mass is 1340 g/mol. The summed E-state index contributed by atoms with van der Waals surface area (Å²) in [6.45, 7) is 14.3. The molecule has 3 aromatic heterocycles. The van der Waals surface area contributed by atoms with Crippen LogP contribution < -0.4 is 47.5 Å². The van der Waals surface area contributed by atoms with Crippen LogP contribution in [0.5, 0.6) is 23.0 Å². The van der Waals surface area contributed by atoms with Gasteiger partial charge in [-0.3, -0.25) is 24.0 Å². The van der Waals surface area contributed by atoms with E-state index in [1.54, 1.807) is 75.4 Å². The fraction of sp³-hybridized carbons (Fsp3) is 0.224. The van der Waals surface area contributed by atoms with Crippen molar-refractivity contribution in [2.45, 2.75) is 62.8 Å². The minimum absolute atomic E-state index is 0.0236. The number of anilines is 8. The number of aliphatic hydroxyl groups excluding tert-OH is 1. The summed E-state index contributed by atoms with van der Waals surface area (Å²) in [5.74, 6) is 3.43. The number of nitrogens with zero attached hydrogens (tertiary/aromatic N) is 10. The molecular weight excluding hydrogens is 1260 g/mol. The highest BCUT2D eigenvalue weighted by Gasteiger charge is 2.30. The maximum absolute atomic E-state index is 13.4. The Morgan fingerprint density at radius 3 is 1.22 bits per heavy atom. The first-order valence-corrected chi connectivity index (χ1v) is 32.7. The van der Waals surface area contributed by atoms with Crippen LogP contribution in [-0.4, -0.2) is 143 Å². The lowest BCUT2D eigenvalue weighted by Gasteiger charge is -2.33. The predicted octanol–water partition coefficient (Wildman–Crippen LogP) is 10.8. The summed E-state index contributed by atoms with van der Waals surface area (Å²) in [4.78, 5) is 95.0. The maximum Gasteiger partial charge on any atom is 0.246 e. The van der Waals surface area contributed by atoms with E-state index in [-0.39, 0.29) is 76.0 Å². The number of aliphatic hydroxyl groups is 1. The maximum atomic E-state index is 13.4. The van der Waals surface area contributed by atoms with E-state index in [2.05, 4.69) is 65.6 Å². The molecule has 3 aliphatic heterocycles. The summed E-state index contributed by atoms with van der Waals surface area (Å²) in [6.07, 6.45) is 12.0. The summed E-state index contributed by atoms with van der Waals surface area (Å²) in [7, 11) is 1.97. The molecule has 9 aromatic rings. The molecule has 3 saturated heterocycles. The molecule has 3 fully saturated rings. The Morgan fingerprint density at radius 1 is 0.470 bits per heavy atom. The number of nitrogens with two attached hydrogens (primary N) is 3. The number of hydrogen-bond acceptors (Lipinski definition) is 21. The third-order valence-corrected chi connectivity index (χ3v) is 17.1. The van der Waals surface area contributed by atoms with E-state index in [1.165, 1.54) is 37.2 Å². The first-order valence-electron chi connectivity index (χ1n) is 32.7. The molecule has 12 rings (SSSR count). The lowest BCUT2D eigenvalue weighted by molar-refractivity contribution is -0.127. The van der Waals surface area contributed by atoms with Gasteiger partial charge in [0.15, 0.2) is 11.6 Å². The van der Waals surface area contributed by atoms with Crippen molar-refractivity contribution in [3.05, 3.63) is 254 Å². The molecule has 10 N–H and O–H groups in total. The van der Waals surface area contributed by atoms with Crippen LogP contribution in [0.1, 0.15) is 87.6 Å². The Labute approximate surface area is 580 Å². The van der Waals surface area contributed by atoms with Gasteiger partial charge in [0, 0.05) is 86.9 Å². The zero-order valence-corrected chi connectivity index (χ0v) is 55.5. The van der Waals surface area contributed by atoms with Crippen LogP contribution in [0.15, 0.2) is 221 Å². The Hall–Kier alpha value is -12.3. The number of ether oxygens (including phenoxy) is 2. The molecule has 6 aromatic carbocycles. The van der Waals surface area contributed by atoms with Crippen LogP contribution in [0.4, 0.5) is 46.3 Å². The number of nitrogens with one attached hydrogen (secondary N) is 3. The van der Waals surface area contributed by atoms with Gasteiger partial charge in [-0.1, -0.05) is 86.5 Å². The molecule has 24 heteroatoms. The highest BCUT2D eigenvalue weighted by Crippen LogP contribution is 2.35. The highest BCUT2D eigenvalue weighted by atomic mass is 16.5. The number of rotatable bonds is 21. The van der Waals surface area contributed by atoms with Crippen molar-refractivity contribution in [3.63, 3.8) is 0 Å². The predicted molar refractivity (Wildman–Crippen MR) is 387 cm³/mol. The SMILES string of the molecule is C=CC(=O)N1CCC[C@@H](Nc2ncnc(N)c2C(=O)c2ccc(N(C)c3ccccc3)cc2)C1.C=CC(=O)N1CCC[C@@H](Nc2ncnc(N)c2C(=O)c2ccc(Oc3ccccc3)cc2)C1.C=CC(=O)N1CCC[C@@H](Nc2ncnc(N)c2C(O)c2ccc(Oc3ccccc3)cc2)C1. The third kappa shape index (κ3) is 18.2. The Kier molecular flexibility index (Phi) is 24.0. The van der Waals surface area contributed by atoms with Gasteiger partial charge in [0.25, 0.3) is 0 Å². The van der Waals surface area contributed by atoms with Gasteiger partial charge in [0.2, 0.25) is 17.7 Å². The first-order chi connectivity index (χ1) is 48.6. The molecule has 4 atom stereocenters. The summed E-state index contributed by atoms with van der Waals surface area (Å²) in [6, 6.07) is 50.0. The number of amides is 3. The average Bonchev–Trinajstić information content (AvgIpc) is 0.817. The lowest BCUT2D eigenvalue weighted by Crippen LogP contribution is -2.44. The standard InChI is InChI=1S/C26H28N6O2.C25H27N5O3.C25H25N5O3/c1-3-22(33)32-15-7-8-19(16-32)30-26-23(25(27)28-17-29-26)24(34)18-11-13-21(14-12-18)31(2)20-9-5-4-6-10-20;2*1-2-21(31)30-14-6-7-18(15-30)29-25-22(24(26)27-16-28-25)23(32)17-10-12-20(13-11-17)33-19-8-4-3-5-9-19/h3-6,9-14,17,19H,1,7-8,15-16H2,2H3,(H3,27,28,29,30);2-5,8-13,16,18,23,32H,1,6-7,14-15H2,(H3,26,27,28,29);2-5,8-13,16,18H,1,6-7,14-15H2,(H3,26,27,28,29)/t19-;18-,23?;18-/m111/s1. The second kappa shape index (κ2) is 34.1. The van der Waals surface area contributed by atoms with Gasteiger partial charge >= 0.3 is 0 Å². The summed E-state index contributed by atoms with van der Waals surface area (Å²) in [5, 5.41) is 21.1. The number of nitrogen functional groups attached to an aromatic ring is 3. The quantitative estimate of drug-likeness (QED) is 0.0260. The number of carbonyl (C=O) groups excluding carboxylic acids is 5. The molecule has 0 bridgehead atoms. The smallest absolute Gasteiger partial charge is 0.246 e. The van der Waals surface area contributed by atoms with E-state index in [9.17, 15) is 29.1 Å². The highest BCUT2D eigenvalue weighted by molar-refractivity contribution is 6.15. The fourth-order valence-electron chi connectivity index (χ4n) is 11.8. The second-order valence-electron chi connectivity index (χ2n) is 23.8. The molecule has 512 valence electrons. The van der Waals surface area contributed by atoms with Gasteiger partial charge in [-0.2, -0.15) is 0 Å². The van der Waals surface area contributed by atoms with Gasteiger partial charge in [-0.15, -0.1) is 0 Å². The summed E-state index contributed by atoms with van der Waals surface area (Å²) in [5.41, 5.74) is 22.7. The van der Waals surface area contributed by atoms with E-state index in [4.69, 9.17) is 26.7 Å². The normalized spacial score (nSPS) is 15.9. The number of piperidine rings is 3. The second-order valence-corrected chi connectivity index (χ2v) is 23.8.